The largest absolute Gasteiger partial charge is 0.468 e. The van der Waals surface area contributed by atoms with Crippen LogP contribution in [0.2, 0.25) is 0 Å². The predicted octanol–water partition coefficient (Wildman–Crippen LogP) is 3.09. The summed E-state index contributed by atoms with van der Waals surface area (Å²) < 4.78 is 4.90. The van der Waals surface area contributed by atoms with Gasteiger partial charge in [-0.25, -0.2) is 4.99 Å². The zero-order chi connectivity index (χ0) is 25.1. The van der Waals surface area contributed by atoms with Gasteiger partial charge in [-0.1, -0.05) is 55.5 Å². The van der Waals surface area contributed by atoms with Gasteiger partial charge in [0.25, 0.3) is 0 Å². The molecule has 186 valence electrons. The molecule has 10 nitrogen and oxygen atoms in total. The van der Waals surface area contributed by atoms with Gasteiger partial charge in [0.2, 0.25) is 5.82 Å². The van der Waals surface area contributed by atoms with Crippen LogP contribution in [0.3, 0.4) is 0 Å². The van der Waals surface area contributed by atoms with Gasteiger partial charge >= 0.3 is 5.97 Å². The molecule has 1 atom stereocenters. The molecule has 0 bridgehead atoms. The number of esters is 1. The van der Waals surface area contributed by atoms with Gasteiger partial charge in [-0.05, 0) is 35.2 Å². The number of fused-ring (bicyclic) bond motifs is 1. The number of benzene rings is 2. The predicted molar refractivity (Wildman–Crippen MR) is 136 cm³/mol. The summed E-state index contributed by atoms with van der Waals surface area (Å²) in [6, 6.07) is 16.6. The van der Waals surface area contributed by atoms with Crippen LogP contribution in [0.15, 0.2) is 65.4 Å². The van der Waals surface area contributed by atoms with Crippen LogP contribution in [0.5, 0.6) is 0 Å². The number of hydrogen-bond acceptors (Lipinski definition) is 9. The molecule has 0 radical (unpaired) electrons. The van der Waals surface area contributed by atoms with Crippen molar-refractivity contribution in [3.63, 3.8) is 0 Å². The number of aliphatic imine (C=N–C) groups is 1. The number of H-pyrrole nitrogens is 1. The molecule has 2 aliphatic rings. The third-order valence-electron chi connectivity index (χ3n) is 6.44. The minimum absolute atomic E-state index is 0.00215. The third kappa shape index (κ3) is 4.66. The van der Waals surface area contributed by atoms with E-state index >= 15 is 0 Å². The summed E-state index contributed by atoms with van der Waals surface area (Å²) in [6.45, 7) is 6.68. The fourth-order valence-corrected chi connectivity index (χ4v) is 4.70. The maximum atomic E-state index is 12.0. The smallest absolute Gasteiger partial charge is 0.325 e. The summed E-state index contributed by atoms with van der Waals surface area (Å²) in [4.78, 5) is 23.4. The first-order valence-corrected chi connectivity index (χ1v) is 12.1. The molecular formula is C26H30N8O2. The van der Waals surface area contributed by atoms with E-state index < -0.39 is 0 Å². The summed E-state index contributed by atoms with van der Waals surface area (Å²) >= 11 is 0. The highest BCUT2D eigenvalue weighted by molar-refractivity contribution is 6.00. The van der Waals surface area contributed by atoms with Crippen molar-refractivity contribution in [1.82, 2.24) is 35.3 Å². The number of hydrogen-bond donors (Lipinski definition) is 1. The van der Waals surface area contributed by atoms with Crippen molar-refractivity contribution in [2.24, 2.45) is 4.99 Å². The molecular weight excluding hydrogens is 456 g/mol. The van der Waals surface area contributed by atoms with Crippen molar-refractivity contribution in [3.05, 3.63) is 66.0 Å². The summed E-state index contributed by atoms with van der Waals surface area (Å²) in [7, 11) is 1.42. The maximum Gasteiger partial charge on any atom is 0.325 e. The monoisotopic (exact) mass is 486 g/mol. The second-order valence-electron chi connectivity index (χ2n) is 8.93. The van der Waals surface area contributed by atoms with E-state index in [4.69, 9.17) is 9.73 Å². The quantitative estimate of drug-likeness (QED) is 0.485. The standard InChI is InChI=1S/C26H30N8O2/c1-4-13-33-17-32(16-24(35)36-3)15-23-26(33)27-18(2)34(23)14-19-9-11-20(12-10-19)21-7-5-6-8-22(21)25-28-30-31-29-25/h5-12,15,18H,4,13-14,16-17H2,1-3H3,(H,28,29,30,31). The molecule has 2 aliphatic heterocycles. The van der Waals surface area contributed by atoms with Crippen molar-refractivity contribution >= 4 is 11.8 Å². The van der Waals surface area contributed by atoms with E-state index in [0.717, 1.165) is 41.2 Å². The van der Waals surface area contributed by atoms with Gasteiger partial charge in [0.15, 0.2) is 5.84 Å². The van der Waals surface area contributed by atoms with Gasteiger partial charge in [-0.15, -0.1) is 10.2 Å². The lowest BCUT2D eigenvalue weighted by molar-refractivity contribution is -0.141. The van der Waals surface area contributed by atoms with E-state index in [0.29, 0.717) is 19.0 Å². The van der Waals surface area contributed by atoms with E-state index in [2.05, 4.69) is 74.6 Å². The van der Waals surface area contributed by atoms with Gasteiger partial charge in [0, 0.05) is 24.9 Å². The molecule has 0 saturated heterocycles. The molecule has 0 amide bonds. The van der Waals surface area contributed by atoms with E-state index in [1.165, 1.54) is 12.7 Å². The van der Waals surface area contributed by atoms with Gasteiger partial charge in [-0.3, -0.25) is 4.79 Å². The number of aromatic nitrogens is 4. The molecule has 36 heavy (non-hydrogen) atoms. The highest BCUT2D eigenvalue weighted by atomic mass is 16.5. The SMILES string of the molecule is CCCN1CN(CC(=O)OC)C=C2C1=NC(C)N2Cc1ccc(-c2ccccc2-c2nn[nH]n2)cc1. The number of carbonyl (C=O) groups is 1. The Labute approximate surface area is 210 Å². The molecule has 2 aromatic carbocycles. The Kier molecular flexibility index (Phi) is 6.66. The van der Waals surface area contributed by atoms with Crippen molar-refractivity contribution < 1.29 is 9.53 Å². The fraction of sp³-hybridized carbons (Fsp3) is 0.346. The van der Waals surface area contributed by atoms with E-state index in [1.807, 2.05) is 29.3 Å². The van der Waals surface area contributed by atoms with Crippen LogP contribution in [0, 0.1) is 0 Å². The number of carbonyl (C=O) groups excluding carboxylic acids is 1. The summed E-state index contributed by atoms with van der Waals surface area (Å²) in [5.41, 5.74) is 5.28. The van der Waals surface area contributed by atoms with Gasteiger partial charge in [-0.2, -0.15) is 5.21 Å². The summed E-state index contributed by atoms with van der Waals surface area (Å²) in [6.07, 6.45) is 3.04. The topological polar surface area (TPSA) is 103 Å². The first-order chi connectivity index (χ1) is 17.6. The normalized spacial score (nSPS) is 17.1. The highest BCUT2D eigenvalue weighted by Gasteiger charge is 2.35. The fourth-order valence-electron chi connectivity index (χ4n) is 4.70. The number of methoxy groups -OCH3 is 1. The lowest BCUT2D eigenvalue weighted by Crippen LogP contribution is -2.47. The maximum absolute atomic E-state index is 12.0. The lowest BCUT2D eigenvalue weighted by atomic mass is 9.98. The Morgan fingerprint density at radius 2 is 1.92 bits per heavy atom. The van der Waals surface area contributed by atoms with Crippen molar-refractivity contribution in [2.75, 3.05) is 26.9 Å². The number of ether oxygens (including phenoxy) is 1. The zero-order valence-electron chi connectivity index (χ0n) is 20.8. The number of amidine groups is 1. The second-order valence-corrected chi connectivity index (χ2v) is 8.93. The van der Waals surface area contributed by atoms with E-state index in [9.17, 15) is 4.79 Å². The molecule has 0 spiro atoms. The van der Waals surface area contributed by atoms with Crippen LogP contribution >= 0.6 is 0 Å². The van der Waals surface area contributed by atoms with Gasteiger partial charge in [0.1, 0.15) is 12.7 Å². The molecule has 0 aliphatic carbocycles. The van der Waals surface area contributed by atoms with Crippen LogP contribution < -0.4 is 0 Å². The van der Waals surface area contributed by atoms with Crippen LogP contribution in [0.1, 0.15) is 25.8 Å². The lowest BCUT2D eigenvalue weighted by Gasteiger charge is -2.37. The summed E-state index contributed by atoms with van der Waals surface area (Å²) in [5, 5.41) is 14.5. The Morgan fingerprint density at radius 1 is 1.14 bits per heavy atom. The number of aromatic amines is 1. The Balaban J connectivity index is 1.38. The van der Waals surface area contributed by atoms with Gasteiger partial charge in [0.05, 0.1) is 19.5 Å². The van der Waals surface area contributed by atoms with E-state index in [1.54, 1.807) is 0 Å². The third-order valence-corrected chi connectivity index (χ3v) is 6.44. The molecule has 5 rings (SSSR count). The minimum Gasteiger partial charge on any atom is -0.468 e. The van der Waals surface area contributed by atoms with E-state index in [-0.39, 0.29) is 18.7 Å². The number of rotatable bonds is 8. The number of nitrogens with zero attached hydrogens (tertiary/aromatic N) is 7. The van der Waals surface area contributed by atoms with Crippen LogP contribution in [-0.2, 0) is 16.1 Å². The molecule has 1 N–H and O–H groups in total. The average molecular weight is 487 g/mol. The Bertz CT molecular complexity index is 1270. The Hall–Kier alpha value is -4.21. The molecule has 1 unspecified atom stereocenters. The van der Waals surface area contributed by atoms with Crippen LogP contribution in [-0.4, -0.2) is 80.2 Å². The Morgan fingerprint density at radius 3 is 2.61 bits per heavy atom. The highest BCUT2D eigenvalue weighted by Crippen LogP contribution is 2.32. The van der Waals surface area contributed by atoms with Gasteiger partial charge < -0.3 is 19.4 Å². The first-order valence-electron chi connectivity index (χ1n) is 12.1. The molecule has 3 heterocycles. The molecule has 0 saturated carbocycles. The van der Waals surface area contributed by atoms with Crippen molar-refractivity contribution in [1.29, 1.82) is 0 Å². The minimum atomic E-state index is -0.252. The summed E-state index contributed by atoms with van der Waals surface area (Å²) in [5.74, 6) is 1.32. The molecule has 1 aromatic heterocycles. The molecule has 10 heteroatoms. The van der Waals surface area contributed by atoms with Crippen LogP contribution in [0.25, 0.3) is 22.5 Å². The number of nitrogens with one attached hydrogen (secondary N) is 1. The zero-order valence-corrected chi connectivity index (χ0v) is 20.8. The molecule has 0 fully saturated rings. The second kappa shape index (κ2) is 10.2. The van der Waals surface area contributed by atoms with Crippen molar-refractivity contribution in [2.45, 2.75) is 33.0 Å². The van der Waals surface area contributed by atoms with Crippen molar-refractivity contribution in [3.8, 4) is 22.5 Å². The number of tetrazole rings is 1. The molecule has 3 aromatic rings. The first kappa shape index (κ1) is 23.5. The van der Waals surface area contributed by atoms with Crippen LogP contribution in [0.4, 0.5) is 0 Å². The average Bonchev–Trinajstić information content (AvgIpc) is 3.54.